The van der Waals surface area contributed by atoms with Gasteiger partial charge in [0.25, 0.3) is 0 Å². The van der Waals surface area contributed by atoms with Gasteiger partial charge in [0.2, 0.25) is 0 Å². The number of furan rings is 1. The first kappa shape index (κ1) is 22.5. The van der Waals surface area contributed by atoms with Crippen LogP contribution in [0.25, 0.3) is 0 Å². The van der Waals surface area contributed by atoms with Crippen molar-refractivity contribution in [3.63, 3.8) is 0 Å². The minimum absolute atomic E-state index is 0. The topological polar surface area (TPSA) is 58.8 Å². The Labute approximate surface area is 173 Å². The molecular weight excluding hydrogens is 441 g/mol. The quantitative estimate of drug-likeness (QED) is 0.251. The molecule has 26 heavy (non-hydrogen) atoms. The van der Waals surface area contributed by atoms with E-state index in [1.54, 1.807) is 13.3 Å². The van der Waals surface area contributed by atoms with Crippen molar-refractivity contribution in [1.29, 1.82) is 0 Å². The van der Waals surface area contributed by atoms with E-state index in [0.29, 0.717) is 19.1 Å². The van der Waals surface area contributed by atoms with Crippen LogP contribution in [-0.2, 0) is 11.3 Å². The van der Waals surface area contributed by atoms with E-state index in [2.05, 4.69) is 53.7 Å². The zero-order chi connectivity index (χ0) is 17.9. The van der Waals surface area contributed by atoms with Crippen LogP contribution in [0.3, 0.4) is 0 Å². The predicted molar refractivity (Wildman–Crippen MR) is 117 cm³/mol. The third-order valence-electron chi connectivity index (χ3n) is 3.99. The monoisotopic (exact) mass is 471 g/mol. The number of nitrogens with zero attached hydrogens (tertiary/aromatic N) is 1. The number of hydrogen-bond donors (Lipinski definition) is 2. The second kappa shape index (κ2) is 12.8. The van der Waals surface area contributed by atoms with Gasteiger partial charge in [-0.25, -0.2) is 0 Å². The second-order valence-electron chi connectivity index (χ2n) is 6.18. The van der Waals surface area contributed by atoms with Crippen molar-refractivity contribution in [3.8, 4) is 0 Å². The molecule has 1 atom stereocenters. The number of aryl methyl sites for hydroxylation is 1. The van der Waals surface area contributed by atoms with E-state index in [1.165, 1.54) is 11.1 Å². The Hall–Kier alpha value is -1.54. The Morgan fingerprint density at radius 2 is 2.08 bits per heavy atom. The molecule has 0 aliphatic heterocycles. The fraction of sp³-hybridized carbons (Fsp3) is 0.450. The van der Waals surface area contributed by atoms with Crippen LogP contribution in [0.2, 0.25) is 0 Å². The average Bonchev–Trinajstić information content (AvgIpc) is 3.13. The molecule has 0 saturated carbocycles. The molecule has 1 aromatic heterocycles. The van der Waals surface area contributed by atoms with Gasteiger partial charge in [-0.3, -0.25) is 4.99 Å². The van der Waals surface area contributed by atoms with Gasteiger partial charge in [0.1, 0.15) is 12.4 Å². The Morgan fingerprint density at radius 3 is 2.77 bits per heavy atom. The molecule has 2 rings (SSSR count). The molecule has 0 radical (unpaired) electrons. The van der Waals surface area contributed by atoms with Gasteiger partial charge in [0.05, 0.1) is 6.26 Å². The number of aliphatic imine (C=N–C) groups is 1. The van der Waals surface area contributed by atoms with Gasteiger partial charge in [-0.15, -0.1) is 24.0 Å². The van der Waals surface area contributed by atoms with E-state index < -0.39 is 0 Å². The molecule has 0 bridgehead atoms. The Bertz CT molecular complexity index is 644. The minimum Gasteiger partial charge on any atom is -0.467 e. The van der Waals surface area contributed by atoms with Crippen molar-refractivity contribution < 1.29 is 9.15 Å². The smallest absolute Gasteiger partial charge is 0.190 e. The summed E-state index contributed by atoms with van der Waals surface area (Å²) in [4.78, 5) is 4.27. The molecule has 0 saturated heterocycles. The highest BCUT2D eigenvalue weighted by molar-refractivity contribution is 14.0. The predicted octanol–water partition coefficient (Wildman–Crippen LogP) is 4.08. The summed E-state index contributed by atoms with van der Waals surface area (Å²) in [7, 11) is 1.79. The number of nitrogens with one attached hydrogen (secondary N) is 2. The number of hydrogen-bond acceptors (Lipinski definition) is 3. The zero-order valence-electron chi connectivity index (χ0n) is 15.8. The number of ether oxygens (including phenoxy) is 1. The van der Waals surface area contributed by atoms with Crippen LogP contribution in [0.4, 0.5) is 0 Å². The number of rotatable bonds is 9. The molecule has 0 spiro atoms. The largest absolute Gasteiger partial charge is 0.467 e. The summed E-state index contributed by atoms with van der Waals surface area (Å²) in [5, 5.41) is 6.70. The van der Waals surface area contributed by atoms with Crippen molar-refractivity contribution in [2.75, 3.05) is 26.7 Å². The van der Waals surface area contributed by atoms with Crippen molar-refractivity contribution in [1.82, 2.24) is 10.6 Å². The first-order chi connectivity index (χ1) is 12.2. The van der Waals surface area contributed by atoms with E-state index in [9.17, 15) is 0 Å². The molecule has 0 aliphatic carbocycles. The normalized spacial score (nSPS) is 12.3. The second-order valence-corrected chi connectivity index (χ2v) is 6.18. The molecule has 5 nitrogen and oxygen atoms in total. The van der Waals surface area contributed by atoms with Crippen LogP contribution < -0.4 is 10.6 Å². The first-order valence-corrected chi connectivity index (χ1v) is 8.80. The van der Waals surface area contributed by atoms with E-state index in [1.807, 2.05) is 12.1 Å². The lowest BCUT2D eigenvalue weighted by molar-refractivity contribution is 0.105. The van der Waals surface area contributed by atoms with E-state index in [4.69, 9.17) is 9.15 Å². The van der Waals surface area contributed by atoms with Crippen molar-refractivity contribution in [2.24, 2.45) is 4.99 Å². The van der Waals surface area contributed by atoms with Crippen molar-refractivity contribution in [2.45, 2.75) is 32.8 Å². The maximum Gasteiger partial charge on any atom is 0.190 e. The molecule has 0 fully saturated rings. The van der Waals surface area contributed by atoms with E-state index in [-0.39, 0.29) is 24.0 Å². The Kier molecular flexibility index (Phi) is 11.0. The van der Waals surface area contributed by atoms with E-state index >= 15 is 0 Å². The maximum atomic E-state index is 5.57. The van der Waals surface area contributed by atoms with Crippen LogP contribution in [0.15, 0.2) is 52.1 Å². The lowest BCUT2D eigenvalue weighted by atomic mass is 9.99. The summed E-state index contributed by atoms with van der Waals surface area (Å²) in [5.74, 6) is 2.11. The SMILES string of the molecule is CN=C(NCCCOCc1ccco1)NCC(C)c1cccc(C)c1.I. The van der Waals surface area contributed by atoms with Gasteiger partial charge in [0, 0.05) is 26.7 Å². The maximum absolute atomic E-state index is 5.57. The molecular formula is C20H30IN3O2. The Morgan fingerprint density at radius 1 is 1.23 bits per heavy atom. The number of benzene rings is 1. The summed E-state index contributed by atoms with van der Waals surface area (Å²) in [6.07, 6.45) is 2.57. The number of guanidine groups is 1. The highest BCUT2D eigenvalue weighted by Gasteiger charge is 2.06. The van der Waals surface area contributed by atoms with Crippen LogP contribution in [0.1, 0.15) is 36.1 Å². The van der Waals surface area contributed by atoms with Crippen LogP contribution in [0, 0.1) is 6.92 Å². The highest BCUT2D eigenvalue weighted by Crippen LogP contribution is 2.15. The van der Waals surface area contributed by atoms with E-state index in [0.717, 1.165) is 31.2 Å². The molecule has 144 valence electrons. The van der Waals surface area contributed by atoms with Gasteiger partial charge >= 0.3 is 0 Å². The van der Waals surface area contributed by atoms with Crippen LogP contribution in [-0.4, -0.2) is 32.7 Å². The lowest BCUT2D eigenvalue weighted by Crippen LogP contribution is -2.39. The van der Waals surface area contributed by atoms with Gasteiger partial charge in [-0.1, -0.05) is 36.8 Å². The van der Waals surface area contributed by atoms with Gasteiger partial charge < -0.3 is 19.8 Å². The molecule has 2 N–H and O–H groups in total. The van der Waals surface area contributed by atoms with Gasteiger partial charge in [-0.2, -0.15) is 0 Å². The zero-order valence-corrected chi connectivity index (χ0v) is 18.2. The summed E-state index contributed by atoms with van der Waals surface area (Å²) >= 11 is 0. The summed E-state index contributed by atoms with van der Waals surface area (Å²) in [5.41, 5.74) is 2.63. The molecule has 1 aromatic carbocycles. The van der Waals surface area contributed by atoms with Crippen LogP contribution in [0.5, 0.6) is 0 Å². The van der Waals surface area contributed by atoms with Crippen molar-refractivity contribution in [3.05, 3.63) is 59.5 Å². The van der Waals surface area contributed by atoms with Gasteiger partial charge in [0.15, 0.2) is 5.96 Å². The molecule has 1 unspecified atom stereocenters. The third kappa shape index (κ3) is 8.23. The molecule has 0 amide bonds. The summed E-state index contributed by atoms with van der Waals surface area (Å²) in [6.45, 7) is 7.21. The summed E-state index contributed by atoms with van der Waals surface area (Å²) < 4.78 is 10.8. The minimum atomic E-state index is 0. The number of halogens is 1. The van der Waals surface area contributed by atoms with Crippen LogP contribution >= 0.6 is 24.0 Å². The molecule has 0 aliphatic rings. The average molecular weight is 471 g/mol. The fourth-order valence-electron chi connectivity index (χ4n) is 2.51. The summed E-state index contributed by atoms with van der Waals surface area (Å²) in [6, 6.07) is 12.4. The lowest BCUT2D eigenvalue weighted by Gasteiger charge is -2.16. The highest BCUT2D eigenvalue weighted by atomic mass is 127. The Balaban J connectivity index is 0.00000338. The molecule has 1 heterocycles. The van der Waals surface area contributed by atoms with Gasteiger partial charge in [-0.05, 0) is 37.0 Å². The standard InChI is InChI=1S/C20H29N3O2.HI/c1-16-7-4-8-18(13-16)17(2)14-23-20(21-3)22-10-6-11-24-15-19-9-5-12-25-19;/h4-5,7-9,12-13,17H,6,10-11,14-15H2,1-3H3,(H2,21,22,23);1H. The first-order valence-electron chi connectivity index (χ1n) is 8.80. The molecule has 2 aromatic rings. The third-order valence-corrected chi connectivity index (χ3v) is 3.99. The fourth-order valence-corrected chi connectivity index (χ4v) is 2.51. The van der Waals surface area contributed by atoms with Crippen molar-refractivity contribution >= 4 is 29.9 Å². The molecule has 6 heteroatoms.